The molecule has 7 heteroatoms. The highest BCUT2D eigenvalue weighted by molar-refractivity contribution is 9.10. The Morgan fingerprint density at radius 3 is 2.61 bits per heavy atom. The standard InChI is InChI=1S/C16H16BrN3O3/c1-10-14(7-4-8-15(10)20(22)23)19-16(21)18-11(2)12-5-3-6-13(17)9-12/h3-9,11H,1-2H3,(H2,18,19,21)/t11-/m0/s1. The monoisotopic (exact) mass is 377 g/mol. The fraction of sp³-hybridized carbons (Fsp3) is 0.188. The molecule has 0 fully saturated rings. The number of nitrogens with one attached hydrogen (secondary N) is 2. The number of anilines is 1. The molecule has 0 bridgehead atoms. The lowest BCUT2D eigenvalue weighted by molar-refractivity contribution is -0.385. The quantitative estimate of drug-likeness (QED) is 0.605. The lowest BCUT2D eigenvalue weighted by Crippen LogP contribution is -2.31. The number of rotatable bonds is 4. The Bertz CT molecular complexity index is 749. The van der Waals surface area contributed by atoms with E-state index in [4.69, 9.17) is 0 Å². The molecule has 2 rings (SSSR count). The molecule has 120 valence electrons. The molecule has 0 heterocycles. The Kier molecular flexibility index (Phi) is 5.33. The zero-order valence-corrected chi connectivity index (χ0v) is 14.3. The fourth-order valence-electron chi connectivity index (χ4n) is 2.17. The number of amides is 2. The summed E-state index contributed by atoms with van der Waals surface area (Å²) in [5, 5.41) is 16.4. The van der Waals surface area contributed by atoms with Crippen LogP contribution in [0.5, 0.6) is 0 Å². The third kappa shape index (κ3) is 4.29. The highest BCUT2D eigenvalue weighted by Crippen LogP contribution is 2.25. The molecule has 1 atom stereocenters. The predicted molar refractivity (Wildman–Crippen MR) is 92.5 cm³/mol. The van der Waals surface area contributed by atoms with Gasteiger partial charge in [0.2, 0.25) is 0 Å². The van der Waals surface area contributed by atoms with E-state index in [-0.39, 0.29) is 11.7 Å². The van der Waals surface area contributed by atoms with Gasteiger partial charge in [-0.05, 0) is 37.6 Å². The van der Waals surface area contributed by atoms with Crippen molar-refractivity contribution in [3.8, 4) is 0 Å². The molecule has 0 saturated carbocycles. The largest absolute Gasteiger partial charge is 0.331 e. The van der Waals surface area contributed by atoms with Crippen molar-refractivity contribution in [1.82, 2.24) is 5.32 Å². The number of benzene rings is 2. The summed E-state index contributed by atoms with van der Waals surface area (Å²) in [6, 6.07) is 11.6. The summed E-state index contributed by atoms with van der Waals surface area (Å²) in [7, 11) is 0. The van der Waals surface area contributed by atoms with E-state index in [1.165, 1.54) is 6.07 Å². The minimum atomic E-state index is -0.470. The van der Waals surface area contributed by atoms with E-state index < -0.39 is 11.0 Å². The number of carbonyl (C=O) groups is 1. The van der Waals surface area contributed by atoms with Crippen molar-refractivity contribution in [1.29, 1.82) is 0 Å². The first-order valence-corrected chi connectivity index (χ1v) is 7.74. The second kappa shape index (κ2) is 7.23. The number of nitrogens with zero attached hydrogens (tertiary/aromatic N) is 1. The molecule has 6 nitrogen and oxygen atoms in total. The molecule has 23 heavy (non-hydrogen) atoms. The maximum absolute atomic E-state index is 12.1. The molecule has 0 radical (unpaired) electrons. The number of urea groups is 1. The molecule has 0 aromatic heterocycles. The second-order valence-corrected chi connectivity index (χ2v) is 6.00. The van der Waals surface area contributed by atoms with Gasteiger partial charge in [-0.1, -0.05) is 34.1 Å². The molecule has 2 N–H and O–H groups in total. The van der Waals surface area contributed by atoms with E-state index >= 15 is 0 Å². The van der Waals surface area contributed by atoms with E-state index in [1.807, 2.05) is 31.2 Å². The van der Waals surface area contributed by atoms with Gasteiger partial charge in [-0.3, -0.25) is 10.1 Å². The van der Waals surface area contributed by atoms with Crippen LogP contribution in [-0.2, 0) is 0 Å². The van der Waals surface area contributed by atoms with Gasteiger partial charge >= 0.3 is 6.03 Å². The summed E-state index contributed by atoms with van der Waals surface area (Å²) < 4.78 is 0.929. The molecular formula is C16H16BrN3O3. The van der Waals surface area contributed by atoms with Crippen LogP contribution >= 0.6 is 15.9 Å². The van der Waals surface area contributed by atoms with Crippen LogP contribution in [0.2, 0.25) is 0 Å². The molecule has 0 aliphatic rings. The van der Waals surface area contributed by atoms with Crippen molar-refractivity contribution >= 4 is 33.3 Å². The van der Waals surface area contributed by atoms with Gasteiger partial charge < -0.3 is 10.6 Å². The van der Waals surface area contributed by atoms with Gasteiger partial charge in [0.15, 0.2) is 0 Å². The Labute approximate surface area is 142 Å². The Balaban J connectivity index is 2.08. The highest BCUT2D eigenvalue weighted by atomic mass is 79.9. The smallest absolute Gasteiger partial charge is 0.319 e. The van der Waals surface area contributed by atoms with E-state index in [2.05, 4.69) is 26.6 Å². The van der Waals surface area contributed by atoms with Crippen molar-refractivity contribution in [2.75, 3.05) is 5.32 Å². The first kappa shape index (κ1) is 17.0. The van der Waals surface area contributed by atoms with Crippen LogP contribution in [0, 0.1) is 17.0 Å². The van der Waals surface area contributed by atoms with E-state index in [0.29, 0.717) is 11.3 Å². The Hall–Kier alpha value is -2.41. The van der Waals surface area contributed by atoms with Crippen LogP contribution < -0.4 is 10.6 Å². The normalized spacial score (nSPS) is 11.6. The number of halogens is 1. The molecule has 0 aliphatic carbocycles. The van der Waals surface area contributed by atoms with Crippen LogP contribution in [-0.4, -0.2) is 11.0 Å². The van der Waals surface area contributed by atoms with Crippen molar-refractivity contribution < 1.29 is 9.72 Å². The molecule has 0 unspecified atom stereocenters. The minimum absolute atomic E-state index is 0.0251. The van der Waals surface area contributed by atoms with Crippen LogP contribution in [0.1, 0.15) is 24.1 Å². The Morgan fingerprint density at radius 1 is 1.26 bits per heavy atom. The topological polar surface area (TPSA) is 84.3 Å². The minimum Gasteiger partial charge on any atom is -0.331 e. The van der Waals surface area contributed by atoms with Crippen LogP contribution in [0.3, 0.4) is 0 Å². The third-order valence-corrected chi connectivity index (χ3v) is 3.94. The highest BCUT2D eigenvalue weighted by Gasteiger charge is 2.16. The average Bonchev–Trinajstić information content (AvgIpc) is 2.49. The van der Waals surface area contributed by atoms with Gasteiger partial charge in [0.1, 0.15) is 0 Å². The Morgan fingerprint density at radius 2 is 1.96 bits per heavy atom. The molecule has 0 aliphatic heterocycles. The SMILES string of the molecule is Cc1c(NC(=O)N[C@@H](C)c2cccc(Br)c2)cccc1[N+](=O)[O-]. The summed E-state index contributed by atoms with van der Waals surface area (Å²) in [5.41, 5.74) is 1.76. The fourth-order valence-corrected chi connectivity index (χ4v) is 2.59. The van der Waals surface area contributed by atoms with E-state index in [9.17, 15) is 14.9 Å². The second-order valence-electron chi connectivity index (χ2n) is 5.08. The van der Waals surface area contributed by atoms with Crippen molar-refractivity contribution in [3.05, 3.63) is 68.2 Å². The van der Waals surface area contributed by atoms with Crippen molar-refractivity contribution in [2.45, 2.75) is 19.9 Å². The van der Waals surface area contributed by atoms with E-state index in [1.54, 1.807) is 19.1 Å². The van der Waals surface area contributed by atoms with E-state index in [0.717, 1.165) is 10.0 Å². The van der Waals surface area contributed by atoms with Gasteiger partial charge in [-0.2, -0.15) is 0 Å². The summed E-state index contributed by atoms with van der Waals surface area (Å²) in [5.74, 6) is 0. The number of hydrogen-bond donors (Lipinski definition) is 2. The van der Waals surface area contributed by atoms with Gasteiger partial charge in [-0.25, -0.2) is 4.79 Å². The van der Waals surface area contributed by atoms with Crippen molar-refractivity contribution in [2.24, 2.45) is 0 Å². The number of nitro groups is 1. The molecule has 0 saturated heterocycles. The molecule has 2 aromatic carbocycles. The lowest BCUT2D eigenvalue weighted by atomic mass is 10.1. The molecule has 0 spiro atoms. The summed E-state index contributed by atoms with van der Waals surface area (Å²) >= 11 is 3.39. The first-order chi connectivity index (χ1) is 10.9. The zero-order chi connectivity index (χ0) is 17.0. The maximum atomic E-state index is 12.1. The molecule has 2 aromatic rings. The number of hydrogen-bond acceptors (Lipinski definition) is 3. The number of nitro benzene ring substituents is 1. The summed E-state index contributed by atoms with van der Waals surface area (Å²) in [4.78, 5) is 22.6. The van der Waals surface area contributed by atoms with Crippen LogP contribution in [0.25, 0.3) is 0 Å². The average molecular weight is 378 g/mol. The van der Waals surface area contributed by atoms with Crippen LogP contribution in [0.4, 0.5) is 16.2 Å². The molecular weight excluding hydrogens is 362 g/mol. The van der Waals surface area contributed by atoms with Gasteiger partial charge in [0, 0.05) is 10.5 Å². The zero-order valence-electron chi connectivity index (χ0n) is 12.7. The number of carbonyl (C=O) groups excluding carboxylic acids is 1. The van der Waals surface area contributed by atoms with Crippen molar-refractivity contribution in [3.63, 3.8) is 0 Å². The summed E-state index contributed by atoms with van der Waals surface area (Å²) in [6.07, 6.45) is 0. The van der Waals surface area contributed by atoms with Crippen LogP contribution in [0.15, 0.2) is 46.9 Å². The van der Waals surface area contributed by atoms with Gasteiger partial charge in [0.05, 0.1) is 22.2 Å². The molecule has 2 amide bonds. The van der Waals surface area contributed by atoms with Gasteiger partial charge in [0.25, 0.3) is 5.69 Å². The summed E-state index contributed by atoms with van der Waals surface area (Å²) in [6.45, 7) is 3.47. The predicted octanol–water partition coefficient (Wildman–Crippen LogP) is 4.55. The first-order valence-electron chi connectivity index (χ1n) is 6.95. The third-order valence-electron chi connectivity index (χ3n) is 3.45. The lowest BCUT2D eigenvalue weighted by Gasteiger charge is -2.16. The van der Waals surface area contributed by atoms with Gasteiger partial charge in [-0.15, -0.1) is 0 Å². The maximum Gasteiger partial charge on any atom is 0.319 e.